The van der Waals surface area contributed by atoms with E-state index in [1.165, 1.54) is 88.4 Å². The van der Waals surface area contributed by atoms with Crippen LogP contribution in [0.4, 0.5) is 4.79 Å². The molecule has 4 heteroatoms. The van der Waals surface area contributed by atoms with Crippen molar-refractivity contribution in [2.45, 2.75) is 122 Å². The summed E-state index contributed by atoms with van der Waals surface area (Å²) in [4.78, 5) is 26.0. The van der Waals surface area contributed by atoms with Gasteiger partial charge in [-0.15, -0.1) is 0 Å². The van der Waals surface area contributed by atoms with Crippen molar-refractivity contribution in [2.24, 2.45) is 0 Å². The summed E-state index contributed by atoms with van der Waals surface area (Å²) >= 11 is 0. The summed E-state index contributed by atoms with van der Waals surface area (Å²) in [5, 5.41) is 0. The Hall–Kier alpha value is -1.84. The summed E-state index contributed by atoms with van der Waals surface area (Å²) < 4.78 is 5.17. The first-order valence-corrected chi connectivity index (χ1v) is 13.2. The maximum atomic E-state index is 12.6. The van der Waals surface area contributed by atoms with Gasteiger partial charge < -0.3 is 4.74 Å². The first-order valence-electron chi connectivity index (χ1n) is 13.2. The maximum Gasteiger partial charge on any atom is 0.416 e. The van der Waals surface area contributed by atoms with Crippen LogP contribution >= 0.6 is 0 Å². The van der Waals surface area contributed by atoms with Crippen LogP contribution in [0.3, 0.4) is 0 Å². The Bertz CT molecular complexity index is 631. The van der Waals surface area contributed by atoms with Crippen LogP contribution in [0.2, 0.25) is 0 Å². The molecule has 1 atom stereocenters. The van der Waals surface area contributed by atoms with Crippen molar-refractivity contribution in [1.82, 2.24) is 4.90 Å². The van der Waals surface area contributed by atoms with Gasteiger partial charge in [-0.05, 0) is 18.4 Å². The van der Waals surface area contributed by atoms with E-state index in [0.29, 0.717) is 19.4 Å². The van der Waals surface area contributed by atoms with Gasteiger partial charge in [0.25, 0.3) is 0 Å². The van der Waals surface area contributed by atoms with Gasteiger partial charge in [0.2, 0.25) is 5.91 Å². The fourth-order valence-corrected chi connectivity index (χ4v) is 4.57. The largest absolute Gasteiger partial charge is 0.447 e. The summed E-state index contributed by atoms with van der Waals surface area (Å²) in [5.41, 5.74) is 1.13. The third kappa shape index (κ3) is 10.7. The number of benzene rings is 1. The van der Waals surface area contributed by atoms with Crippen LogP contribution in [0.15, 0.2) is 30.3 Å². The lowest BCUT2D eigenvalue weighted by molar-refractivity contribution is -0.129. The lowest BCUT2D eigenvalue weighted by atomic mass is 10.0. The van der Waals surface area contributed by atoms with Crippen LogP contribution in [0, 0.1) is 0 Å². The Balaban J connectivity index is 1.45. The van der Waals surface area contributed by atoms with Crippen molar-refractivity contribution in [2.75, 3.05) is 6.61 Å². The smallest absolute Gasteiger partial charge is 0.416 e. The third-order valence-corrected chi connectivity index (χ3v) is 6.54. The number of cyclic esters (lactones) is 1. The quantitative estimate of drug-likeness (QED) is 0.217. The molecule has 1 fully saturated rings. The molecule has 0 aliphatic carbocycles. The predicted molar refractivity (Wildman–Crippen MR) is 132 cm³/mol. The Morgan fingerprint density at radius 1 is 0.812 bits per heavy atom. The van der Waals surface area contributed by atoms with Crippen LogP contribution in [-0.2, 0) is 16.0 Å². The Kier molecular flexibility index (Phi) is 13.8. The van der Waals surface area contributed by atoms with Crippen molar-refractivity contribution in [3.8, 4) is 0 Å². The Labute approximate surface area is 196 Å². The fourth-order valence-electron chi connectivity index (χ4n) is 4.57. The molecule has 2 rings (SSSR count). The number of amides is 2. The highest BCUT2D eigenvalue weighted by Crippen LogP contribution is 2.20. The van der Waals surface area contributed by atoms with Crippen LogP contribution in [0.25, 0.3) is 0 Å². The van der Waals surface area contributed by atoms with Crippen molar-refractivity contribution in [3.63, 3.8) is 0 Å². The van der Waals surface area contributed by atoms with Crippen LogP contribution in [0.1, 0.15) is 115 Å². The summed E-state index contributed by atoms with van der Waals surface area (Å²) in [6.45, 7) is 2.58. The molecule has 1 heterocycles. The molecule has 0 radical (unpaired) electrons. The minimum Gasteiger partial charge on any atom is -0.447 e. The van der Waals surface area contributed by atoms with Crippen molar-refractivity contribution >= 4 is 12.0 Å². The topological polar surface area (TPSA) is 46.6 Å². The van der Waals surface area contributed by atoms with E-state index in [2.05, 4.69) is 6.92 Å². The molecule has 0 spiro atoms. The monoisotopic (exact) mass is 443 g/mol. The highest BCUT2D eigenvalue weighted by atomic mass is 16.6. The number of carbonyl (C=O) groups is 2. The van der Waals surface area contributed by atoms with Crippen LogP contribution in [0.5, 0.6) is 0 Å². The van der Waals surface area contributed by atoms with Gasteiger partial charge in [0.1, 0.15) is 6.61 Å². The molecule has 1 saturated heterocycles. The summed E-state index contributed by atoms with van der Waals surface area (Å²) in [6, 6.07) is 9.82. The molecule has 1 aromatic carbocycles. The molecule has 0 bridgehead atoms. The van der Waals surface area contributed by atoms with Crippen molar-refractivity contribution in [3.05, 3.63) is 35.9 Å². The molecule has 1 aliphatic heterocycles. The number of rotatable bonds is 18. The summed E-state index contributed by atoms with van der Waals surface area (Å²) in [7, 11) is 0. The molecule has 32 heavy (non-hydrogen) atoms. The summed E-state index contributed by atoms with van der Waals surface area (Å²) in [6.07, 6.45) is 20.2. The number of hydrogen-bond acceptors (Lipinski definition) is 3. The van der Waals surface area contributed by atoms with Gasteiger partial charge in [-0.3, -0.25) is 4.79 Å². The first-order chi connectivity index (χ1) is 15.7. The zero-order valence-corrected chi connectivity index (χ0v) is 20.4. The highest BCUT2D eigenvalue weighted by molar-refractivity contribution is 5.93. The van der Waals surface area contributed by atoms with Gasteiger partial charge >= 0.3 is 6.09 Å². The zero-order valence-electron chi connectivity index (χ0n) is 20.4. The van der Waals surface area contributed by atoms with Gasteiger partial charge in [0.15, 0.2) is 0 Å². The van der Waals surface area contributed by atoms with E-state index < -0.39 is 6.09 Å². The lowest BCUT2D eigenvalue weighted by Crippen LogP contribution is -2.40. The zero-order chi connectivity index (χ0) is 22.9. The number of hydrogen-bond donors (Lipinski definition) is 0. The fraction of sp³-hybridized carbons (Fsp3) is 0.714. The van der Waals surface area contributed by atoms with E-state index in [-0.39, 0.29) is 11.9 Å². The van der Waals surface area contributed by atoms with Gasteiger partial charge in [-0.1, -0.05) is 127 Å². The van der Waals surface area contributed by atoms with E-state index in [9.17, 15) is 9.59 Å². The van der Waals surface area contributed by atoms with E-state index in [4.69, 9.17) is 4.74 Å². The lowest BCUT2D eigenvalue weighted by Gasteiger charge is -2.19. The molecule has 4 nitrogen and oxygen atoms in total. The number of imide groups is 1. The number of carbonyl (C=O) groups excluding carboxylic acids is 2. The number of nitrogens with zero attached hydrogens (tertiary/aromatic N) is 1. The standard InChI is InChI=1S/C28H45NO3/c1-2-3-4-5-6-7-8-9-10-11-12-13-14-15-19-22-27(30)29-26(24-32-28(29)31)23-25-20-17-16-18-21-25/h16-18,20-21,26H,2-15,19,22-24H2,1H3/t26-/m0/s1. The predicted octanol–water partition coefficient (Wildman–Crippen LogP) is 7.84. The third-order valence-electron chi connectivity index (χ3n) is 6.54. The molecule has 0 unspecified atom stereocenters. The molecule has 1 aromatic rings. The minimum atomic E-state index is -0.475. The van der Waals surface area contributed by atoms with Crippen LogP contribution < -0.4 is 0 Å². The minimum absolute atomic E-state index is 0.0804. The number of ether oxygens (including phenoxy) is 1. The van der Waals surface area contributed by atoms with Gasteiger partial charge in [0, 0.05) is 6.42 Å². The Morgan fingerprint density at radius 3 is 1.84 bits per heavy atom. The molecular formula is C28H45NO3. The van der Waals surface area contributed by atoms with Crippen molar-refractivity contribution < 1.29 is 14.3 Å². The SMILES string of the molecule is CCCCCCCCCCCCCCCCCC(=O)N1C(=O)OC[C@@H]1Cc1ccccc1. The average molecular weight is 444 g/mol. The average Bonchev–Trinajstić information content (AvgIpc) is 3.16. The molecule has 0 N–H and O–H groups in total. The molecular weight excluding hydrogens is 398 g/mol. The molecule has 180 valence electrons. The van der Waals surface area contributed by atoms with E-state index in [0.717, 1.165) is 18.4 Å². The van der Waals surface area contributed by atoms with E-state index >= 15 is 0 Å². The molecule has 2 amide bonds. The van der Waals surface area contributed by atoms with E-state index in [1.54, 1.807) is 0 Å². The molecule has 1 aliphatic rings. The second-order valence-corrected chi connectivity index (χ2v) is 9.38. The van der Waals surface area contributed by atoms with Gasteiger partial charge in [-0.2, -0.15) is 0 Å². The van der Waals surface area contributed by atoms with Gasteiger partial charge in [-0.25, -0.2) is 9.69 Å². The van der Waals surface area contributed by atoms with Crippen LogP contribution in [-0.4, -0.2) is 29.5 Å². The number of unbranched alkanes of at least 4 members (excludes halogenated alkanes) is 14. The van der Waals surface area contributed by atoms with E-state index in [1.807, 2.05) is 30.3 Å². The highest BCUT2D eigenvalue weighted by Gasteiger charge is 2.37. The normalized spacial score (nSPS) is 15.8. The second kappa shape index (κ2) is 16.7. The van der Waals surface area contributed by atoms with Gasteiger partial charge in [0.05, 0.1) is 6.04 Å². The summed E-state index contributed by atoms with van der Waals surface area (Å²) in [5.74, 6) is -0.0804. The molecule has 0 aromatic heterocycles. The van der Waals surface area contributed by atoms with Crippen molar-refractivity contribution in [1.29, 1.82) is 0 Å². The maximum absolute atomic E-state index is 12.6. The molecule has 0 saturated carbocycles. The Morgan fingerprint density at radius 2 is 1.31 bits per heavy atom. The second-order valence-electron chi connectivity index (χ2n) is 9.38. The first kappa shape index (κ1) is 26.4.